The van der Waals surface area contributed by atoms with Gasteiger partial charge in [-0.3, -0.25) is 0 Å². The SMILES string of the molecule is CC1(C)c2ccccc2-c2ccc(N(c3ccc(-c4cccc(-n5c6ccccc6c6ccccc65)c4)cc3)c3cc(-c4ccccc4)cc(-c4ccccc4)c3)cc21. The lowest BCUT2D eigenvalue weighted by Crippen LogP contribution is -2.16. The van der Waals surface area contributed by atoms with E-state index in [0.717, 1.165) is 22.7 Å². The zero-order valence-electron chi connectivity index (χ0n) is 33.2. The number of hydrogen-bond donors (Lipinski definition) is 0. The van der Waals surface area contributed by atoms with Gasteiger partial charge in [0, 0.05) is 38.9 Å². The Hall–Kier alpha value is -7.42. The topological polar surface area (TPSA) is 8.17 Å². The number of nitrogens with zero attached hydrogens (tertiary/aromatic N) is 2. The average molecular weight is 755 g/mol. The fraction of sp³-hybridized carbons (Fsp3) is 0.0526. The Morgan fingerprint density at radius 1 is 0.339 bits per heavy atom. The molecular weight excluding hydrogens is 713 g/mol. The summed E-state index contributed by atoms with van der Waals surface area (Å²) in [5.41, 5.74) is 19.3. The molecule has 2 heteroatoms. The molecule has 9 aromatic carbocycles. The van der Waals surface area contributed by atoms with Crippen molar-refractivity contribution >= 4 is 38.9 Å². The average Bonchev–Trinajstić information content (AvgIpc) is 3.75. The smallest absolute Gasteiger partial charge is 0.0541 e. The van der Waals surface area contributed by atoms with Gasteiger partial charge in [-0.15, -0.1) is 0 Å². The van der Waals surface area contributed by atoms with Crippen molar-refractivity contribution in [3.63, 3.8) is 0 Å². The van der Waals surface area contributed by atoms with Gasteiger partial charge in [-0.2, -0.15) is 0 Å². The van der Waals surface area contributed by atoms with Gasteiger partial charge >= 0.3 is 0 Å². The number of hydrogen-bond acceptors (Lipinski definition) is 1. The molecule has 59 heavy (non-hydrogen) atoms. The largest absolute Gasteiger partial charge is 0.310 e. The Morgan fingerprint density at radius 2 is 0.864 bits per heavy atom. The second-order valence-electron chi connectivity index (χ2n) is 16.2. The summed E-state index contributed by atoms with van der Waals surface area (Å²) in [6.45, 7) is 4.72. The van der Waals surface area contributed by atoms with E-state index in [0.29, 0.717) is 0 Å². The summed E-state index contributed by atoms with van der Waals surface area (Å²) in [5.74, 6) is 0. The highest BCUT2D eigenvalue weighted by Crippen LogP contribution is 2.51. The van der Waals surface area contributed by atoms with E-state index in [1.807, 2.05) is 0 Å². The second kappa shape index (κ2) is 13.9. The van der Waals surface area contributed by atoms with E-state index < -0.39 is 0 Å². The standard InChI is InChI=1S/C57H42N2/c1-57(2)53-25-12-9-22-49(53)50-33-32-47(38-54(50)57)58(48-36-43(39-16-5-3-6-17-39)34-44(37-48)40-18-7-4-8-19-40)45-30-28-41(29-31-45)42-20-15-21-46(35-42)59-55-26-13-10-23-51(55)52-24-11-14-27-56(52)59/h3-38H,1-2H3. The van der Waals surface area contributed by atoms with Crippen molar-refractivity contribution in [2.45, 2.75) is 19.3 Å². The van der Waals surface area contributed by atoms with Gasteiger partial charge in [-0.05, 0) is 122 Å². The monoisotopic (exact) mass is 754 g/mol. The summed E-state index contributed by atoms with van der Waals surface area (Å²) < 4.78 is 2.39. The summed E-state index contributed by atoms with van der Waals surface area (Å²) in [4.78, 5) is 2.44. The maximum Gasteiger partial charge on any atom is 0.0541 e. The van der Waals surface area contributed by atoms with Crippen molar-refractivity contribution < 1.29 is 0 Å². The van der Waals surface area contributed by atoms with E-state index in [1.54, 1.807) is 0 Å². The molecule has 2 nitrogen and oxygen atoms in total. The minimum absolute atomic E-state index is 0.125. The quantitative estimate of drug-likeness (QED) is 0.157. The third kappa shape index (κ3) is 5.87. The van der Waals surface area contributed by atoms with Crippen LogP contribution in [0.3, 0.4) is 0 Å². The Labute approximate surface area is 345 Å². The van der Waals surface area contributed by atoms with Crippen LogP contribution < -0.4 is 4.90 Å². The Balaban J connectivity index is 1.06. The molecule has 1 aliphatic rings. The van der Waals surface area contributed by atoms with Gasteiger partial charge < -0.3 is 9.47 Å². The molecule has 0 saturated carbocycles. The third-order valence-corrected chi connectivity index (χ3v) is 12.4. The lowest BCUT2D eigenvalue weighted by molar-refractivity contribution is 0.660. The number of fused-ring (bicyclic) bond motifs is 6. The van der Waals surface area contributed by atoms with E-state index in [-0.39, 0.29) is 5.41 Å². The number of para-hydroxylation sites is 2. The van der Waals surface area contributed by atoms with Crippen LogP contribution in [-0.2, 0) is 5.41 Å². The van der Waals surface area contributed by atoms with Gasteiger partial charge in [0.15, 0.2) is 0 Å². The Bertz CT molecular complexity index is 3060. The molecule has 0 fully saturated rings. The van der Waals surface area contributed by atoms with Crippen LogP contribution >= 0.6 is 0 Å². The van der Waals surface area contributed by atoms with E-state index in [4.69, 9.17) is 0 Å². The molecule has 0 N–H and O–H groups in total. The molecule has 0 bridgehead atoms. The molecule has 280 valence electrons. The van der Waals surface area contributed by atoms with Crippen molar-refractivity contribution in [3.05, 3.63) is 230 Å². The first-order valence-corrected chi connectivity index (χ1v) is 20.5. The van der Waals surface area contributed by atoms with Crippen LogP contribution in [-0.4, -0.2) is 4.57 Å². The number of rotatable bonds is 7. The predicted molar refractivity (Wildman–Crippen MR) is 249 cm³/mol. The summed E-state index contributed by atoms with van der Waals surface area (Å²) in [6.07, 6.45) is 0. The van der Waals surface area contributed by atoms with E-state index in [1.165, 1.54) is 77.4 Å². The van der Waals surface area contributed by atoms with E-state index >= 15 is 0 Å². The molecule has 1 heterocycles. The minimum atomic E-state index is -0.125. The Kier molecular flexibility index (Phi) is 8.20. The van der Waals surface area contributed by atoms with Crippen LogP contribution in [0.2, 0.25) is 0 Å². The van der Waals surface area contributed by atoms with Crippen LogP contribution in [0.5, 0.6) is 0 Å². The van der Waals surface area contributed by atoms with Crippen molar-refractivity contribution in [2.75, 3.05) is 4.90 Å². The zero-order valence-corrected chi connectivity index (χ0v) is 33.2. The van der Waals surface area contributed by atoms with E-state index in [2.05, 4.69) is 242 Å². The fourth-order valence-corrected chi connectivity index (χ4v) is 9.44. The summed E-state index contributed by atoms with van der Waals surface area (Å²) in [6, 6.07) is 79.9. The normalized spacial score (nSPS) is 12.7. The first-order chi connectivity index (χ1) is 29.0. The van der Waals surface area contributed by atoms with Gasteiger partial charge in [0.2, 0.25) is 0 Å². The highest BCUT2D eigenvalue weighted by Gasteiger charge is 2.35. The van der Waals surface area contributed by atoms with Gasteiger partial charge in [0.25, 0.3) is 0 Å². The molecule has 0 saturated heterocycles. The molecule has 10 aromatic rings. The molecule has 0 spiro atoms. The lowest BCUT2D eigenvalue weighted by Gasteiger charge is -2.29. The first kappa shape index (κ1) is 34.8. The third-order valence-electron chi connectivity index (χ3n) is 12.4. The molecule has 1 aliphatic carbocycles. The first-order valence-electron chi connectivity index (χ1n) is 20.5. The molecule has 1 aromatic heterocycles. The van der Waals surface area contributed by atoms with Crippen LogP contribution in [0.4, 0.5) is 17.1 Å². The Morgan fingerprint density at radius 3 is 1.53 bits per heavy atom. The van der Waals surface area contributed by atoms with Crippen molar-refractivity contribution in [3.8, 4) is 50.2 Å². The number of anilines is 3. The summed E-state index contributed by atoms with van der Waals surface area (Å²) in [7, 11) is 0. The minimum Gasteiger partial charge on any atom is -0.310 e. The number of aromatic nitrogens is 1. The van der Waals surface area contributed by atoms with Crippen LogP contribution in [0.1, 0.15) is 25.0 Å². The molecule has 0 aliphatic heterocycles. The highest BCUT2D eigenvalue weighted by molar-refractivity contribution is 6.09. The van der Waals surface area contributed by atoms with Gasteiger partial charge in [0.1, 0.15) is 0 Å². The fourth-order valence-electron chi connectivity index (χ4n) is 9.44. The lowest BCUT2D eigenvalue weighted by atomic mass is 9.82. The van der Waals surface area contributed by atoms with Crippen LogP contribution in [0, 0.1) is 0 Å². The predicted octanol–water partition coefficient (Wildman–Crippen LogP) is 15.6. The van der Waals surface area contributed by atoms with Gasteiger partial charge in [-0.25, -0.2) is 0 Å². The molecule has 0 atom stereocenters. The highest BCUT2D eigenvalue weighted by atomic mass is 15.1. The molecular formula is C57H42N2. The van der Waals surface area contributed by atoms with E-state index in [9.17, 15) is 0 Å². The molecule has 0 radical (unpaired) electrons. The van der Waals surface area contributed by atoms with Crippen molar-refractivity contribution in [2.24, 2.45) is 0 Å². The van der Waals surface area contributed by atoms with Gasteiger partial charge in [-0.1, -0.05) is 166 Å². The molecule has 0 amide bonds. The summed E-state index contributed by atoms with van der Waals surface area (Å²) in [5, 5.41) is 2.53. The second-order valence-corrected chi connectivity index (χ2v) is 16.2. The maximum absolute atomic E-state index is 2.44. The summed E-state index contributed by atoms with van der Waals surface area (Å²) >= 11 is 0. The maximum atomic E-state index is 2.44. The van der Waals surface area contributed by atoms with Crippen molar-refractivity contribution in [1.29, 1.82) is 0 Å². The molecule has 11 rings (SSSR count). The van der Waals surface area contributed by atoms with Crippen molar-refractivity contribution in [1.82, 2.24) is 4.57 Å². The zero-order chi connectivity index (χ0) is 39.5. The molecule has 0 unspecified atom stereocenters. The van der Waals surface area contributed by atoms with Crippen LogP contribution in [0.25, 0.3) is 72.0 Å². The van der Waals surface area contributed by atoms with Gasteiger partial charge in [0.05, 0.1) is 11.0 Å². The van der Waals surface area contributed by atoms with Crippen LogP contribution in [0.15, 0.2) is 218 Å². The number of benzene rings is 9.